The topological polar surface area (TPSA) is 87.2 Å². The van der Waals surface area contributed by atoms with Crippen LogP contribution in [-0.4, -0.2) is 26.6 Å². The lowest BCUT2D eigenvalue weighted by Crippen LogP contribution is -2.30. The van der Waals surface area contributed by atoms with Gasteiger partial charge in [-0.25, -0.2) is 9.48 Å². The molecule has 7 heteroatoms. The van der Waals surface area contributed by atoms with Gasteiger partial charge in [0.1, 0.15) is 5.70 Å². The molecule has 3 amide bonds. The van der Waals surface area contributed by atoms with E-state index in [0.717, 1.165) is 21.6 Å². The second-order valence-corrected chi connectivity index (χ2v) is 8.51. The molecule has 2 N–H and O–H groups in total. The lowest BCUT2D eigenvalue weighted by molar-refractivity contribution is -0.123. The van der Waals surface area contributed by atoms with Gasteiger partial charge in [0.05, 0.1) is 17.8 Å². The van der Waals surface area contributed by atoms with Gasteiger partial charge >= 0.3 is 6.03 Å². The van der Waals surface area contributed by atoms with Crippen LogP contribution in [0.3, 0.4) is 0 Å². The minimum absolute atomic E-state index is 0.0771. The number of benzene rings is 3. The molecule has 7 nitrogen and oxygen atoms in total. The third-order valence-electron chi connectivity index (χ3n) is 5.92. The van der Waals surface area contributed by atoms with Crippen molar-refractivity contribution in [1.82, 2.24) is 20.0 Å². The lowest BCUT2D eigenvalue weighted by Gasteiger charge is -2.12. The summed E-state index contributed by atoms with van der Waals surface area (Å²) in [7, 11) is 0. The third kappa shape index (κ3) is 4.56. The van der Waals surface area contributed by atoms with Gasteiger partial charge in [-0.05, 0) is 36.3 Å². The fraction of sp³-hybridized carbons (Fsp3) is 0.107. The monoisotopic (exact) mass is 464 g/mol. The van der Waals surface area contributed by atoms with E-state index in [2.05, 4.69) is 10.4 Å². The van der Waals surface area contributed by atoms with E-state index in [9.17, 15) is 14.4 Å². The van der Waals surface area contributed by atoms with Crippen molar-refractivity contribution in [1.29, 1.82) is 0 Å². The van der Waals surface area contributed by atoms with Crippen molar-refractivity contribution in [2.24, 2.45) is 0 Å². The maximum Gasteiger partial charge on any atom is 0.329 e. The van der Waals surface area contributed by atoms with Crippen molar-refractivity contribution in [3.63, 3.8) is 0 Å². The van der Waals surface area contributed by atoms with Crippen LogP contribution in [0, 0.1) is 6.92 Å². The summed E-state index contributed by atoms with van der Waals surface area (Å²) >= 11 is 0. The number of para-hydroxylation sites is 1. The van der Waals surface area contributed by atoms with Crippen LogP contribution in [0.1, 0.15) is 27.9 Å². The Labute approximate surface area is 202 Å². The zero-order chi connectivity index (χ0) is 24.4. The van der Waals surface area contributed by atoms with E-state index in [1.807, 2.05) is 91.9 Å². The molecule has 0 bridgehead atoms. The molecule has 174 valence electrons. The Morgan fingerprint density at radius 2 is 1.51 bits per heavy atom. The summed E-state index contributed by atoms with van der Waals surface area (Å²) in [6.07, 6.45) is 1.94. The summed E-state index contributed by atoms with van der Waals surface area (Å²) in [4.78, 5) is 40.3. The number of urea groups is 1. The largest absolute Gasteiger partial charge is 0.329 e. The molecule has 2 heterocycles. The van der Waals surface area contributed by atoms with Gasteiger partial charge in [0.25, 0.3) is 11.5 Å². The molecular weight excluding hydrogens is 440 g/mol. The third-order valence-corrected chi connectivity index (χ3v) is 5.92. The standard InChI is InChI=1S/C28H24N4O3/c1-19-9-8-12-21(15-19)18-31-27(34)25(29-28(31)35)17-23-24(16-20-10-4-2-5-11-20)30-32(26(23)33)22-13-6-3-7-14-22/h2-15,17,30H,16,18H2,1H3,(H,29,35)/b25-17-. The maximum atomic E-state index is 13.4. The Morgan fingerprint density at radius 1 is 0.829 bits per heavy atom. The number of nitrogens with zero attached hydrogens (tertiary/aromatic N) is 2. The fourth-order valence-corrected chi connectivity index (χ4v) is 4.19. The number of nitrogens with one attached hydrogen (secondary N) is 2. The first kappa shape index (κ1) is 22.2. The van der Waals surface area contributed by atoms with Crippen LogP contribution in [0.4, 0.5) is 4.79 Å². The molecule has 3 aromatic carbocycles. The average molecular weight is 465 g/mol. The number of H-pyrrole nitrogens is 1. The summed E-state index contributed by atoms with van der Waals surface area (Å²) in [5.41, 5.74) is 4.35. The Balaban J connectivity index is 1.52. The Bertz CT molecular complexity index is 1480. The molecule has 1 fully saturated rings. The van der Waals surface area contributed by atoms with Crippen LogP contribution in [0.2, 0.25) is 0 Å². The molecular formula is C28H24N4O3. The second-order valence-electron chi connectivity index (χ2n) is 8.51. The van der Waals surface area contributed by atoms with Crippen LogP contribution in [-0.2, 0) is 17.8 Å². The summed E-state index contributed by atoms with van der Waals surface area (Å²) in [6, 6.07) is 26.1. The van der Waals surface area contributed by atoms with Crippen LogP contribution in [0.15, 0.2) is 95.4 Å². The first-order chi connectivity index (χ1) is 17.0. The molecule has 35 heavy (non-hydrogen) atoms. The first-order valence-electron chi connectivity index (χ1n) is 11.3. The van der Waals surface area contributed by atoms with Crippen LogP contribution >= 0.6 is 0 Å². The van der Waals surface area contributed by atoms with Crippen molar-refractivity contribution >= 4 is 18.0 Å². The molecule has 0 aliphatic carbocycles. The normalized spacial score (nSPS) is 14.5. The van der Waals surface area contributed by atoms with E-state index >= 15 is 0 Å². The van der Waals surface area contributed by atoms with Gasteiger partial charge in [-0.15, -0.1) is 0 Å². The molecule has 4 aromatic rings. The highest BCUT2D eigenvalue weighted by Crippen LogP contribution is 2.20. The molecule has 1 saturated heterocycles. The van der Waals surface area contributed by atoms with Crippen LogP contribution in [0.5, 0.6) is 0 Å². The van der Waals surface area contributed by atoms with Crippen LogP contribution < -0.4 is 10.9 Å². The predicted octanol–water partition coefficient (Wildman–Crippen LogP) is 4.16. The maximum absolute atomic E-state index is 13.4. The van der Waals surface area contributed by atoms with E-state index in [-0.39, 0.29) is 17.8 Å². The van der Waals surface area contributed by atoms with E-state index < -0.39 is 11.9 Å². The Morgan fingerprint density at radius 3 is 2.23 bits per heavy atom. The minimum Gasteiger partial charge on any atom is -0.303 e. The van der Waals surface area contributed by atoms with E-state index in [1.165, 1.54) is 10.8 Å². The number of aryl methyl sites for hydroxylation is 1. The zero-order valence-corrected chi connectivity index (χ0v) is 19.2. The fourth-order valence-electron chi connectivity index (χ4n) is 4.19. The molecule has 1 aliphatic heterocycles. The molecule has 1 aliphatic rings. The number of hydrogen-bond donors (Lipinski definition) is 2. The summed E-state index contributed by atoms with van der Waals surface area (Å²) in [5, 5.41) is 5.84. The molecule has 0 radical (unpaired) electrons. The Hall–Kier alpha value is -4.65. The lowest BCUT2D eigenvalue weighted by atomic mass is 10.1. The van der Waals surface area contributed by atoms with Crippen LogP contribution in [0.25, 0.3) is 11.8 Å². The molecule has 0 spiro atoms. The number of imide groups is 1. The van der Waals surface area contributed by atoms with Crippen molar-refractivity contribution in [2.75, 3.05) is 0 Å². The van der Waals surface area contributed by atoms with Crippen molar-refractivity contribution < 1.29 is 9.59 Å². The Kier molecular flexibility index (Phi) is 5.89. The van der Waals surface area contributed by atoms with Gasteiger partial charge in [-0.1, -0.05) is 78.4 Å². The quantitative estimate of drug-likeness (QED) is 0.332. The van der Waals surface area contributed by atoms with Crippen molar-refractivity contribution in [3.05, 3.63) is 129 Å². The minimum atomic E-state index is -0.508. The summed E-state index contributed by atoms with van der Waals surface area (Å²) < 4.78 is 1.45. The zero-order valence-electron chi connectivity index (χ0n) is 19.2. The molecule has 0 saturated carbocycles. The highest BCUT2D eigenvalue weighted by atomic mass is 16.2. The predicted molar refractivity (Wildman–Crippen MR) is 134 cm³/mol. The van der Waals surface area contributed by atoms with Gasteiger partial charge in [0.2, 0.25) is 0 Å². The van der Waals surface area contributed by atoms with Gasteiger partial charge in [-0.2, -0.15) is 0 Å². The summed E-state index contributed by atoms with van der Waals surface area (Å²) in [5.74, 6) is -0.464. The van der Waals surface area contributed by atoms with Crippen molar-refractivity contribution in [2.45, 2.75) is 19.9 Å². The smallest absolute Gasteiger partial charge is 0.303 e. The number of carbonyl (C=O) groups excluding carboxylic acids is 2. The van der Waals surface area contributed by atoms with Gasteiger partial charge in [-0.3, -0.25) is 19.6 Å². The number of carbonyl (C=O) groups is 2. The average Bonchev–Trinajstić information content (AvgIpc) is 3.31. The molecule has 0 atom stereocenters. The number of hydrogen-bond acceptors (Lipinski definition) is 3. The SMILES string of the molecule is Cc1cccc(CN2C(=O)N/C(=C\c3c(Cc4ccccc4)[nH]n(-c4ccccc4)c3=O)C2=O)c1. The van der Waals surface area contributed by atoms with E-state index in [0.29, 0.717) is 23.4 Å². The number of aromatic amines is 1. The van der Waals surface area contributed by atoms with E-state index in [1.54, 1.807) is 0 Å². The molecule has 5 rings (SSSR count). The highest BCUT2D eigenvalue weighted by Gasteiger charge is 2.34. The second kappa shape index (κ2) is 9.30. The van der Waals surface area contributed by atoms with Gasteiger partial charge in [0.15, 0.2) is 0 Å². The number of amides is 3. The van der Waals surface area contributed by atoms with Gasteiger partial charge < -0.3 is 5.32 Å². The van der Waals surface area contributed by atoms with Gasteiger partial charge in [0, 0.05) is 12.1 Å². The first-order valence-corrected chi connectivity index (χ1v) is 11.3. The van der Waals surface area contributed by atoms with Crippen molar-refractivity contribution in [3.8, 4) is 5.69 Å². The summed E-state index contributed by atoms with van der Waals surface area (Å²) in [6.45, 7) is 2.11. The molecule has 0 unspecified atom stereocenters. The number of rotatable bonds is 6. The van der Waals surface area contributed by atoms with E-state index in [4.69, 9.17) is 0 Å². The highest BCUT2D eigenvalue weighted by molar-refractivity contribution is 6.13. The molecule has 1 aromatic heterocycles. The number of aromatic nitrogens is 2.